The molecule has 9 heteroatoms. The smallest absolute Gasteiger partial charge is 0.252 e. The molecule has 1 aromatic carbocycles. The lowest BCUT2D eigenvalue weighted by atomic mass is 10.1. The second-order valence-corrected chi connectivity index (χ2v) is 7.88. The van der Waals surface area contributed by atoms with Gasteiger partial charge in [0.25, 0.3) is 5.56 Å². The number of furan rings is 1. The lowest BCUT2D eigenvalue weighted by Crippen LogP contribution is -2.32. The van der Waals surface area contributed by atoms with Crippen molar-refractivity contribution in [3.63, 3.8) is 0 Å². The summed E-state index contributed by atoms with van der Waals surface area (Å²) in [6.45, 7) is 6.11. The summed E-state index contributed by atoms with van der Waals surface area (Å²) in [5.74, 6) is 1.55. The van der Waals surface area contributed by atoms with Crippen LogP contribution in [0.2, 0.25) is 0 Å². The summed E-state index contributed by atoms with van der Waals surface area (Å²) >= 11 is 0. The molecule has 1 N–H and O–H groups in total. The van der Waals surface area contributed by atoms with E-state index in [1.165, 1.54) is 0 Å². The third-order valence-electron chi connectivity index (χ3n) is 5.58. The second kappa shape index (κ2) is 9.88. The summed E-state index contributed by atoms with van der Waals surface area (Å²) in [6, 6.07) is 11.7. The van der Waals surface area contributed by atoms with Gasteiger partial charge in [-0.05, 0) is 59.0 Å². The molecule has 0 aliphatic carbocycles. The standard InChI is InChI=1S/C23H28N6O3/c1-4-21(22-25-26-27-29(22)9-11-31-3)28(15-19-6-5-10-32-19)14-18-13-17-8-7-16(2)12-20(17)24-23(18)30/h5-8,10,12-13,21H,4,9,11,14-15H2,1-3H3,(H,24,30)/t21-/m0/s1. The Kier molecular flexibility index (Phi) is 6.77. The summed E-state index contributed by atoms with van der Waals surface area (Å²) in [4.78, 5) is 18.1. The molecule has 0 saturated carbocycles. The third kappa shape index (κ3) is 4.79. The van der Waals surface area contributed by atoms with E-state index in [-0.39, 0.29) is 11.6 Å². The Bertz CT molecular complexity index is 1210. The van der Waals surface area contributed by atoms with Crippen LogP contribution in [0.25, 0.3) is 10.9 Å². The number of tetrazole rings is 1. The molecule has 0 aliphatic heterocycles. The highest BCUT2D eigenvalue weighted by Crippen LogP contribution is 2.26. The molecule has 0 aliphatic rings. The number of rotatable bonds is 10. The van der Waals surface area contributed by atoms with E-state index < -0.39 is 0 Å². The van der Waals surface area contributed by atoms with E-state index in [0.717, 1.165) is 34.5 Å². The second-order valence-electron chi connectivity index (χ2n) is 7.88. The molecule has 0 bridgehead atoms. The minimum atomic E-state index is -0.111. The predicted octanol–water partition coefficient (Wildman–Crippen LogP) is 3.22. The molecule has 4 rings (SSSR count). The topological polar surface area (TPSA) is 102 Å². The van der Waals surface area contributed by atoms with Gasteiger partial charge in [-0.15, -0.1) is 5.10 Å². The van der Waals surface area contributed by atoms with Gasteiger partial charge >= 0.3 is 0 Å². The molecule has 0 radical (unpaired) electrons. The van der Waals surface area contributed by atoms with E-state index in [9.17, 15) is 4.79 Å². The van der Waals surface area contributed by atoms with Crippen LogP contribution in [0.15, 0.2) is 51.9 Å². The zero-order valence-electron chi connectivity index (χ0n) is 18.6. The lowest BCUT2D eigenvalue weighted by Gasteiger charge is -2.29. The monoisotopic (exact) mass is 436 g/mol. The highest BCUT2D eigenvalue weighted by atomic mass is 16.5. The van der Waals surface area contributed by atoms with Crippen LogP contribution in [-0.4, -0.2) is 43.8 Å². The summed E-state index contributed by atoms with van der Waals surface area (Å²) in [7, 11) is 1.65. The van der Waals surface area contributed by atoms with Crippen LogP contribution in [-0.2, 0) is 24.4 Å². The van der Waals surface area contributed by atoms with Crippen molar-refractivity contribution in [2.75, 3.05) is 13.7 Å². The lowest BCUT2D eigenvalue weighted by molar-refractivity contribution is 0.142. The van der Waals surface area contributed by atoms with Crippen LogP contribution >= 0.6 is 0 Å². The molecular formula is C23H28N6O3. The van der Waals surface area contributed by atoms with Crippen molar-refractivity contribution in [2.24, 2.45) is 0 Å². The molecule has 4 aromatic rings. The van der Waals surface area contributed by atoms with Gasteiger partial charge in [-0.1, -0.05) is 19.1 Å². The maximum absolute atomic E-state index is 12.9. The van der Waals surface area contributed by atoms with Crippen molar-refractivity contribution in [3.05, 3.63) is 75.7 Å². The number of fused-ring (bicyclic) bond motifs is 1. The number of methoxy groups -OCH3 is 1. The zero-order valence-corrected chi connectivity index (χ0v) is 18.6. The molecule has 0 unspecified atom stereocenters. The number of hydrogen-bond acceptors (Lipinski definition) is 7. The number of aromatic amines is 1. The highest BCUT2D eigenvalue weighted by molar-refractivity contribution is 5.79. The maximum atomic E-state index is 12.9. The van der Waals surface area contributed by atoms with Gasteiger partial charge in [0.1, 0.15) is 5.76 Å². The quantitative estimate of drug-likeness (QED) is 0.407. The molecular weight excluding hydrogens is 408 g/mol. The zero-order chi connectivity index (χ0) is 22.5. The van der Waals surface area contributed by atoms with Gasteiger partial charge in [-0.2, -0.15) is 0 Å². The van der Waals surface area contributed by atoms with Crippen LogP contribution in [0.1, 0.15) is 42.1 Å². The first-order valence-electron chi connectivity index (χ1n) is 10.7. The van der Waals surface area contributed by atoms with Crippen molar-refractivity contribution < 1.29 is 9.15 Å². The third-order valence-corrected chi connectivity index (χ3v) is 5.58. The Labute approximate surface area is 186 Å². The van der Waals surface area contributed by atoms with Crippen LogP contribution in [0.5, 0.6) is 0 Å². The summed E-state index contributed by atoms with van der Waals surface area (Å²) in [5.41, 5.74) is 2.53. The largest absolute Gasteiger partial charge is 0.468 e. The average Bonchev–Trinajstić information content (AvgIpc) is 3.46. The number of nitrogens with one attached hydrogen (secondary N) is 1. The van der Waals surface area contributed by atoms with Crippen molar-refractivity contribution in [1.29, 1.82) is 0 Å². The van der Waals surface area contributed by atoms with E-state index in [1.807, 2.05) is 43.3 Å². The number of ether oxygens (including phenoxy) is 1. The molecule has 0 fully saturated rings. The number of pyridine rings is 1. The van der Waals surface area contributed by atoms with E-state index in [2.05, 4.69) is 32.3 Å². The Morgan fingerprint density at radius 1 is 1.25 bits per heavy atom. The Balaban J connectivity index is 1.70. The molecule has 1 atom stereocenters. The minimum absolute atomic E-state index is 0.0960. The van der Waals surface area contributed by atoms with E-state index in [4.69, 9.17) is 9.15 Å². The molecule has 168 valence electrons. The van der Waals surface area contributed by atoms with Crippen LogP contribution in [0.3, 0.4) is 0 Å². The predicted molar refractivity (Wildman–Crippen MR) is 120 cm³/mol. The van der Waals surface area contributed by atoms with E-state index >= 15 is 0 Å². The number of H-pyrrole nitrogens is 1. The summed E-state index contributed by atoms with van der Waals surface area (Å²) in [6.07, 6.45) is 2.42. The fraction of sp³-hybridized carbons (Fsp3) is 0.391. The van der Waals surface area contributed by atoms with Crippen molar-refractivity contribution in [1.82, 2.24) is 30.1 Å². The van der Waals surface area contributed by atoms with Crippen molar-refractivity contribution in [3.8, 4) is 0 Å². The molecule has 3 heterocycles. The van der Waals surface area contributed by atoms with Crippen LogP contribution in [0, 0.1) is 6.92 Å². The number of aromatic nitrogens is 5. The fourth-order valence-electron chi connectivity index (χ4n) is 3.97. The van der Waals surface area contributed by atoms with E-state index in [0.29, 0.717) is 31.8 Å². The van der Waals surface area contributed by atoms with Gasteiger partial charge in [0.2, 0.25) is 0 Å². The normalized spacial score (nSPS) is 12.6. The van der Waals surface area contributed by atoms with Gasteiger partial charge in [0, 0.05) is 24.7 Å². The van der Waals surface area contributed by atoms with Gasteiger partial charge in [-0.3, -0.25) is 9.69 Å². The van der Waals surface area contributed by atoms with E-state index in [1.54, 1.807) is 18.1 Å². The van der Waals surface area contributed by atoms with Gasteiger partial charge < -0.3 is 14.1 Å². The van der Waals surface area contributed by atoms with Crippen molar-refractivity contribution >= 4 is 10.9 Å². The maximum Gasteiger partial charge on any atom is 0.252 e. The first-order chi connectivity index (χ1) is 15.6. The first-order valence-corrected chi connectivity index (χ1v) is 10.7. The van der Waals surface area contributed by atoms with Crippen molar-refractivity contribution in [2.45, 2.75) is 45.9 Å². The SMILES string of the molecule is CC[C@@H](c1nnnn1CCOC)N(Cc1ccco1)Cc1cc2ccc(C)cc2[nH]c1=O. The van der Waals surface area contributed by atoms with Crippen LogP contribution in [0.4, 0.5) is 0 Å². The Hall–Kier alpha value is -3.30. The highest BCUT2D eigenvalue weighted by Gasteiger charge is 2.26. The molecule has 0 spiro atoms. The number of nitrogens with zero attached hydrogens (tertiary/aromatic N) is 5. The Morgan fingerprint density at radius 2 is 2.12 bits per heavy atom. The minimum Gasteiger partial charge on any atom is -0.468 e. The average molecular weight is 437 g/mol. The molecule has 9 nitrogen and oxygen atoms in total. The molecule has 3 aromatic heterocycles. The molecule has 0 saturated heterocycles. The van der Waals surface area contributed by atoms with Gasteiger partial charge in [-0.25, -0.2) is 4.68 Å². The first kappa shape index (κ1) is 21.9. The fourth-order valence-corrected chi connectivity index (χ4v) is 3.97. The van der Waals surface area contributed by atoms with Gasteiger partial charge in [0.05, 0.1) is 32.0 Å². The van der Waals surface area contributed by atoms with Crippen LogP contribution < -0.4 is 5.56 Å². The summed E-state index contributed by atoms with van der Waals surface area (Å²) in [5, 5.41) is 13.3. The number of benzene rings is 1. The Morgan fingerprint density at radius 3 is 2.88 bits per heavy atom. The molecule has 32 heavy (non-hydrogen) atoms. The molecule has 0 amide bonds. The number of aryl methyl sites for hydroxylation is 1. The number of hydrogen-bond donors (Lipinski definition) is 1. The van der Waals surface area contributed by atoms with Gasteiger partial charge in [0.15, 0.2) is 5.82 Å². The summed E-state index contributed by atoms with van der Waals surface area (Å²) < 4.78 is 12.6.